The second-order valence-corrected chi connectivity index (χ2v) is 15.0. The molecule has 10 heteroatoms. The molecule has 2 aromatic rings. The molecule has 4 heterocycles. The summed E-state index contributed by atoms with van der Waals surface area (Å²) in [5, 5.41) is 0. The molecule has 4 aliphatic rings. The van der Waals surface area contributed by atoms with Gasteiger partial charge >= 0.3 is 0 Å². The first kappa shape index (κ1) is 34.2. The number of benzene rings is 2. The van der Waals surface area contributed by atoms with Gasteiger partial charge in [0.15, 0.2) is 9.84 Å². The minimum absolute atomic E-state index is 0. The van der Waals surface area contributed by atoms with Crippen molar-refractivity contribution in [2.45, 2.75) is 49.5 Å². The SMILES string of the molecule is CS(=O)(=O)c1ccc(CN2CCC3(CCN(C[C@H]4CN(CC5CCOCC5)C[C@@H]4c4ccccc4)CC3)C2=O)cc1.Cl.Cl. The van der Waals surface area contributed by atoms with Crippen molar-refractivity contribution in [1.29, 1.82) is 0 Å². The Morgan fingerprint density at radius 3 is 2.14 bits per heavy atom. The maximum Gasteiger partial charge on any atom is 0.229 e. The Balaban J connectivity index is 0.00000212. The summed E-state index contributed by atoms with van der Waals surface area (Å²) in [6, 6.07) is 18.1. The Labute approximate surface area is 270 Å². The number of hydrogen-bond donors (Lipinski definition) is 0. The predicted octanol–water partition coefficient (Wildman–Crippen LogP) is 4.89. The summed E-state index contributed by atoms with van der Waals surface area (Å²) in [5.74, 6) is 2.21. The maximum atomic E-state index is 13.6. The van der Waals surface area contributed by atoms with E-state index in [9.17, 15) is 13.2 Å². The molecule has 1 spiro atoms. The second kappa shape index (κ2) is 14.6. The molecule has 0 aliphatic carbocycles. The molecule has 6 rings (SSSR count). The Hall–Kier alpha value is -1.68. The number of likely N-dealkylation sites (tertiary alicyclic amines) is 3. The van der Waals surface area contributed by atoms with Gasteiger partial charge in [-0.1, -0.05) is 42.5 Å². The van der Waals surface area contributed by atoms with Crippen LogP contribution in [0.25, 0.3) is 0 Å². The molecule has 4 fully saturated rings. The molecule has 2 atom stereocenters. The first-order valence-electron chi connectivity index (χ1n) is 15.4. The third-order valence-corrected chi connectivity index (χ3v) is 11.4. The van der Waals surface area contributed by atoms with Crippen LogP contribution in [0.4, 0.5) is 0 Å². The lowest BCUT2D eigenvalue weighted by molar-refractivity contribution is -0.139. The quantitative estimate of drug-likeness (QED) is 0.405. The Bertz CT molecular complexity index is 1300. The average molecular weight is 653 g/mol. The van der Waals surface area contributed by atoms with Crippen LogP contribution in [0.2, 0.25) is 0 Å². The first-order chi connectivity index (χ1) is 19.8. The highest BCUT2D eigenvalue weighted by atomic mass is 35.5. The van der Waals surface area contributed by atoms with Crippen molar-refractivity contribution in [3.05, 3.63) is 65.7 Å². The monoisotopic (exact) mass is 651 g/mol. The minimum atomic E-state index is -3.22. The van der Waals surface area contributed by atoms with Gasteiger partial charge in [0.05, 0.1) is 10.3 Å². The number of ether oxygens (including phenoxy) is 1. The Kier molecular flexibility index (Phi) is 11.6. The molecule has 4 aliphatic heterocycles. The fourth-order valence-electron chi connectivity index (χ4n) is 7.73. The molecular formula is C33H47Cl2N3O4S. The van der Waals surface area contributed by atoms with Crippen LogP contribution in [0.3, 0.4) is 0 Å². The van der Waals surface area contributed by atoms with E-state index in [1.165, 1.54) is 31.2 Å². The molecule has 0 saturated carbocycles. The number of halogens is 2. The van der Waals surface area contributed by atoms with Crippen LogP contribution in [0.1, 0.15) is 49.1 Å². The van der Waals surface area contributed by atoms with Crippen LogP contribution >= 0.6 is 24.8 Å². The van der Waals surface area contributed by atoms with Gasteiger partial charge < -0.3 is 19.4 Å². The minimum Gasteiger partial charge on any atom is -0.381 e. The topological polar surface area (TPSA) is 70.2 Å². The van der Waals surface area contributed by atoms with Gasteiger partial charge in [-0.15, -0.1) is 24.8 Å². The highest BCUT2D eigenvalue weighted by molar-refractivity contribution is 7.90. The molecule has 0 unspecified atom stereocenters. The zero-order chi connectivity index (χ0) is 28.5. The fourth-order valence-corrected chi connectivity index (χ4v) is 8.36. The zero-order valence-electron chi connectivity index (χ0n) is 25.2. The van der Waals surface area contributed by atoms with Crippen molar-refractivity contribution in [2.75, 3.05) is 65.3 Å². The number of carbonyl (C=O) groups is 1. The second-order valence-electron chi connectivity index (χ2n) is 13.0. The number of nitrogens with zero attached hydrogens (tertiary/aromatic N) is 3. The number of piperidine rings is 1. The highest BCUT2D eigenvalue weighted by Gasteiger charge is 2.48. The number of rotatable bonds is 8. The van der Waals surface area contributed by atoms with Crippen LogP contribution in [-0.4, -0.2) is 94.3 Å². The van der Waals surface area contributed by atoms with Crippen molar-refractivity contribution in [2.24, 2.45) is 17.3 Å². The standard InChI is InChI=1S/C33H45N3O4S.2ClH/c1-41(38,39)30-9-7-26(8-10-30)22-36-18-15-33(32(36)37)13-16-34(17-14-33)23-29-24-35(21-27-11-19-40-20-12-27)25-31(29)28-5-3-2-4-6-28;;/h2-10,27,29,31H,11-25H2,1H3;2*1H/t29-,31+;;/m0../s1. The lowest BCUT2D eigenvalue weighted by Crippen LogP contribution is -2.46. The van der Waals surface area contributed by atoms with Gasteiger partial charge in [0.1, 0.15) is 0 Å². The van der Waals surface area contributed by atoms with E-state index in [2.05, 4.69) is 40.1 Å². The van der Waals surface area contributed by atoms with Gasteiger partial charge in [0.2, 0.25) is 5.91 Å². The molecule has 43 heavy (non-hydrogen) atoms. The van der Waals surface area contributed by atoms with Crippen molar-refractivity contribution in [3.63, 3.8) is 0 Å². The third-order valence-electron chi connectivity index (χ3n) is 10.2. The van der Waals surface area contributed by atoms with Gasteiger partial charge in [0.25, 0.3) is 0 Å². The molecular weight excluding hydrogens is 605 g/mol. The summed E-state index contributed by atoms with van der Waals surface area (Å²) in [6.07, 6.45) is 6.38. The molecule has 0 bridgehead atoms. The van der Waals surface area contributed by atoms with E-state index < -0.39 is 9.84 Å². The van der Waals surface area contributed by atoms with Crippen molar-refractivity contribution >= 4 is 40.6 Å². The van der Waals surface area contributed by atoms with E-state index in [0.717, 1.165) is 83.2 Å². The zero-order valence-corrected chi connectivity index (χ0v) is 27.7. The lowest BCUT2D eigenvalue weighted by atomic mass is 9.76. The van der Waals surface area contributed by atoms with Crippen molar-refractivity contribution < 1.29 is 17.9 Å². The molecule has 0 N–H and O–H groups in total. The number of carbonyl (C=O) groups excluding carboxylic acids is 1. The van der Waals surface area contributed by atoms with Crippen LogP contribution in [0.15, 0.2) is 59.5 Å². The Morgan fingerprint density at radius 2 is 1.49 bits per heavy atom. The van der Waals surface area contributed by atoms with Crippen molar-refractivity contribution in [3.8, 4) is 0 Å². The van der Waals surface area contributed by atoms with E-state index in [4.69, 9.17) is 4.74 Å². The molecule has 0 aromatic heterocycles. The van der Waals surface area contributed by atoms with E-state index in [0.29, 0.717) is 23.3 Å². The molecule has 0 radical (unpaired) electrons. The predicted molar refractivity (Wildman–Crippen MR) is 175 cm³/mol. The molecule has 7 nitrogen and oxygen atoms in total. The summed E-state index contributed by atoms with van der Waals surface area (Å²) in [7, 11) is -3.22. The van der Waals surface area contributed by atoms with Crippen LogP contribution in [-0.2, 0) is 25.9 Å². The normalized spacial score (nSPS) is 25.0. The number of hydrogen-bond acceptors (Lipinski definition) is 6. The average Bonchev–Trinajstić information content (AvgIpc) is 3.51. The largest absolute Gasteiger partial charge is 0.381 e. The van der Waals surface area contributed by atoms with E-state index in [1.807, 2.05) is 17.0 Å². The summed E-state index contributed by atoms with van der Waals surface area (Å²) < 4.78 is 29.2. The molecule has 2 aromatic carbocycles. The van der Waals surface area contributed by atoms with Crippen LogP contribution in [0, 0.1) is 17.3 Å². The highest BCUT2D eigenvalue weighted by Crippen LogP contribution is 2.43. The van der Waals surface area contributed by atoms with Crippen LogP contribution in [0.5, 0.6) is 0 Å². The van der Waals surface area contributed by atoms with Gasteiger partial charge in [0, 0.05) is 64.7 Å². The smallest absolute Gasteiger partial charge is 0.229 e. The Morgan fingerprint density at radius 1 is 0.837 bits per heavy atom. The summed E-state index contributed by atoms with van der Waals surface area (Å²) >= 11 is 0. The van der Waals surface area contributed by atoms with E-state index >= 15 is 0 Å². The van der Waals surface area contributed by atoms with Gasteiger partial charge in [-0.25, -0.2) is 8.42 Å². The maximum absolute atomic E-state index is 13.6. The first-order valence-corrected chi connectivity index (χ1v) is 17.3. The lowest BCUT2D eigenvalue weighted by Gasteiger charge is -2.39. The summed E-state index contributed by atoms with van der Waals surface area (Å²) in [5.41, 5.74) is 2.22. The number of amides is 1. The van der Waals surface area contributed by atoms with Crippen LogP contribution < -0.4 is 0 Å². The number of sulfone groups is 1. The fraction of sp³-hybridized carbons (Fsp3) is 0.606. The van der Waals surface area contributed by atoms with Gasteiger partial charge in [-0.2, -0.15) is 0 Å². The van der Waals surface area contributed by atoms with Gasteiger partial charge in [-0.3, -0.25) is 4.79 Å². The molecule has 238 valence electrons. The van der Waals surface area contributed by atoms with Gasteiger partial charge in [-0.05, 0) is 80.3 Å². The van der Waals surface area contributed by atoms with E-state index in [-0.39, 0.29) is 36.1 Å². The molecule has 1 amide bonds. The summed E-state index contributed by atoms with van der Waals surface area (Å²) in [4.78, 5) is 21.3. The van der Waals surface area contributed by atoms with E-state index in [1.54, 1.807) is 12.1 Å². The molecule has 4 saturated heterocycles. The summed E-state index contributed by atoms with van der Waals surface area (Å²) in [6.45, 7) is 9.71. The third kappa shape index (κ3) is 7.95. The van der Waals surface area contributed by atoms with Crippen molar-refractivity contribution in [1.82, 2.24) is 14.7 Å².